The second kappa shape index (κ2) is 7.39. The van der Waals surface area contributed by atoms with E-state index >= 15 is 0 Å². The van der Waals surface area contributed by atoms with Gasteiger partial charge in [0.15, 0.2) is 17.5 Å². The van der Waals surface area contributed by atoms with Gasteiger partial charge in [-0.1, -0.05) is 11.2 Å². The number of rotatable bonds is 5. The van der Waals surface area contributed by atoms with E-state index in [1.165, 1.54) is 11.3 Å². The van der Waals surface area contributed by atoms with Crippen LogP contribution in [0.5, 0.6) is 11.5 Å². The number of carbonyl (C=O) groups excluding carboxylic acids is 1. The van der Waals surface area contributed by atoms with Gasteiger partial charge in [0.25, 0.3) is 5.91 Å². The molecule has 9 nitrogen and oxygen atoms in total. The lowest BCUT2D eigenvalue weighted by atomic mass is 10.0. The van der Waals surface area contributed by atoms with Gasteiger partial charge in [0.2, 0.25) is 5.95 Å². The van der Waals surface area contributed by atoms with Gasteiger partial charge in [0.1, 0.15) is 18.0 Å². The average Bonchev–Trinajstić information content (AvgIpc) is 3.13. The van der Waals surface area contributed by atoms with Crippen LogP contribution in [0.2, 0.25) is 0 Å². The molecule has 1 aromatic carbocycles. The van der Waals surface area contributed by atoms with E-state index in [0.29, 0.717) is 57.6 Å². The summed E-state index contributed by atoms with van der Waals surface area (Å²) in [6.07, 6.45) is 0. The number of thiophene rings is 1. The first-order valence-corrected chi connectivity index (χ1v) is 9.49. The van der Waals surface area contributed by atoms with Crippen molar-refractivity contribution in [2.45, 2.75) is 13.0 Å². The molecule has 3 heterocycles. The number of benzene rings is 1. The third kappa shape index (κ3) is 3.22. The van der Waals surface area contributed by atoms with Gasteiger partial charge in [-0.15, -0.1) is 16.2 Å². The maximum atomic E-state index is 12.2. The number of ether oxygens (including phenoxy) is 2. The summed E-state index contributed by atoms with van der Waals surface area (Å²) in [7, 11) is 0. The van der Waals surface area contributed by atoms with E-state index in [9.17, 15) is 9.70 Å². The second-order valence-electron chi connectivity index (χ2n) is 6.07. The molecule has 3 aromatic rings. The maximum Gasteiger partial charge on any atom is 0.261 e. The minimum Gasteiger partial charge on any atom is -0.486 e. The zero-order valence-electron chi connectivity index (χ0n) is 15.0. The van der Waals surface area contributed by atoms with Gasteiger partial charge in [-0.25, -0.2) is 9.97 Å². The molecule has 1 aliphatic rings. The number of fused-ring (bicyclic) bond motifs is 2. The molecule has 1 aliphatic heterocycles. The van der Waals surface area contributed by atoms with Crippen molar-refractivity contribution in [3.63, 3.8) is 0 Å². The van der Waals surface area contributed by atoms with Gasteiger partial charge < -0.3 is 20.5 Å². The van der Waals surface area contributed by atoms with Crippen molar-refractivity contribution in [2.24, 2.45) is 5.18 Å². The first-order chi connectivity index (χ1) is 13.6. The molecular weight excluding hydrogens is 382 g/mol. The topological polar surface area (TPSA) is 129 Å². The van der Waals surface area contributed by atoms with E-state index < -0.39 is 6.04 Å². The Labute approximate surface area is 163 Å². The Morgan fingerprint density at radius 3 is 2.82 bits per heavy atom. The Morgan fingerprint density at radius 2 is 2.07 bits per heavy atom. The van der Waals surface area contributed by atoms with Crippen molar-refractivity contribution in [1.82, 2.24) is 15.3 Å². The molecule has 0 saturated heterocycles. The number of nitrogens with one attached hydrogen (secondary N) is 1. The zero-order chi connectivity index (χ0) is 19.7. The lowest BCUT2D eigenvalue weighted by molar-refractivity contribution is 0.0960. The molecule has 2 aromatic heterocycles. The third-order valence-corrected chi connectivity index (χ3v) is 5.27. The summed E-state index contributed by atoms with van der Waals surface area (Å²) in [5, 5.41) is 6.58. The standard InChI is InChI=1S/C18H17N5O4S/c1-2-20-16(24)13-8-10-15(21-18(19)22-17(10)28-13)14(23-25)9-3-4-11-12(7-9)27-6-5-26-11/h3-4,7-8,14H,2,5-6H2,1H3,(H,20,24)(H2,19,21,22). The number of aromatic nitrogens is 2. The maximum absolute atomic E-state index is 12.2. The first kappa shape index (κ1) is 18.1. The number of hydrogen-bond donors (Lipinski definition) is 2. The minimum absolute atomic E-state index is 0.0120. The van der Waals surface area contributed by atoms with Crippen LogP contribution in [0.15, 0.2) is 29.4 Å². The van der Waals surface area contributed by atoms with E-state index in [4.69, 9.17) is 15.2 Å². The van der Waals surface area contributed by atoms with Gasteiger partial charge in [0.05, 0.1) is 10.6 Å². The molecule has 0 fully saturated rings. The predicted molar refractivity (Wildman–Crippen MR) is 105 cm³/mol. The van der Waals surface area contributed by atoms with Crippen molar-refractivity contribution in [3.8, 4) is 11.5 Å². The van der Waals surface area contributed by atoms with Crippen LogP contribution in [0.4, 0.5) is 5.95 Å². The van der Waals surface area contributed by atoms with Crippen molar-refractivity contribution in [3.05, 3.63) is 45.3 Å². The summed E-state index contributed by atoms with van der Waals surface area (Å²) in [5.74, 6) is 0.952. The Morgan fingerprint density at radius 1 is 1.29 bits per heavy atom. The fraction of sp³-hybridized carbons (Fsp3) is 0.278. The number of nitrogens with two attached hydrogens (primary N) is 1. The number of anilines is 1. The summed E-state index contributed by atoms with van der Waals surface area (Å²) >= 11 is 1.19. The molecule has 0 bridgehead atoms. The Kier molecular flexibility index (Phi) is 4.78. The highest BCUT2D eigenvalue weighted by atomic mass is 32.1. The van der Waals surface area contributed by atoms with Crippen LogP contribution < -0.4 is 20.5 Å². The first-order valence-electron chi connectivity index (χ1n) is 8.68. The number of amides is 1. The Balaban J connectivity index is 1.81. The van der Waals surface area contributed by atoms with E-state index in [2.05, 4.69) is 20.5 Å². The summed E-state index contributed by atoms with van der Waals surface area (Å²) in [6, 6.07) is 5.91. The lowest BCUT2D eigenvalue weighted by Crippen LogP contribution is -2.21. The highest BCUT2D eigenvalue weighted by Gasteiger charge is 2.25. The van der Waals surface area contributed by atoms with Crippen LogP contribution in [-0.2, 0) is 0 Å². The second-order valence-corrected chi connectivity index (χ2v) is 7.10. The van der Waals surface area contributed by atoms with E-state index in [0.717, 1.165) is 0 Å². The normalized spacial score (nSPS) is 13.9. The fourth-order valence-corrected chi connectivity index (χ4v) is 3.99. The van der Waals surface area contributed by atoms with Crippen LogP contribution >= 0.6 is 11.3 Å². The lowest BCUT2D eigenvalue weighted by Gasteiger charge is -2.20. The van der Waals surface area contributed by atoms with E-state index in [1.54, 1.807) is 24.3 Å². The van der Waals surface area contributed by atoms with Crippen LogP contribution in [0.3, 0.4) is 0 Å². The van der Waals surface area contributed by atoms with Gasteiger partial charge in [-0.05, 0) is 30.7 Å². The third-order valence-electron chi connectivity index (χ3n) is 4.25. The predicted octanol–water partition coefficient (Wildman–Crippen LogP) is 2.65. The van der Waals surface area contributed by atoms with Crippen molar-refractivity contribution in [2.75, 3.05) is 25.5 Å². The fourth-order valence-electron chi connectivity index (χ4n) is 3.03. The van der Waals surface area contributed by atoms with Gasteiger partial charge in [-0.3, -0.25) is 4.79 Å². The Bertz CT molecular complexity index is 1070. The van der Waals surface area contributed by atoms with Crippen molar-refractivity contribution in [1.29, 1.82) is 0 Å². The van der Waals surface area contributed by atoms with Crippen LogP contribution in [0, 0.1) is 4.91 Å². The van der Waals surface area contributed by atoms with Crippen LogP contribution in [0.25, 0.3) is 10.2 Å². The van der Waals surface area contributed by atoms with Crippen LogP contribution in [-0.4, -0.2) is 35.6 Å². The molecule has 1 amide bonds. The minimum atomic E-state index is -0.930. The largest absolute Gasteiger partial charge is 0.486 e. The summed E-state index contributed by atoms with van der Waals surface area (Å²) < 4.78 is 11.1. The molecule has 1 atom stereocenters. The Hall–Kier alpha value is -3.27. The molecule has 0 aliphatic carbocycles. The highest BCUT2D eigenvalue weighted by Crippen LogP contribution is 2.38. The van der Waals surface area contributed by atoms with Gasteiger partial charge in [0, 0.05) is 11.9 Å². The monoisotopic (exact) mass is 399 g/mol. The molecule has 0 spiro atoms. The summed E-state index contributed by atoms with van der Waals surface area (Å²) in [4.78, 5) is 33.4. The summed E-state index contributed by atoms with van der Waals surface area (Å²) in [5.41, 5.74) is 6.78. The smallest absolute Gasteiger partial charge is 0.261 e. The summed E-state index contributed by atoms with van der Waals surface area (Å²) in [6.45, 7) is 3.25. The molecule has 4 rings (SSSR count). The number of carbonyl (C=O) groups is 1. The van der Waals surface area contributed by atoms with Gasteiger partial charge in [-0.2, -0.15) is 0 Å². The molecule has 10 heteroatoms. The quantitative estimate of drug-likeness (QED) is 0.631. The van der Waals surface area contributed by atoms with Gasteiger partial charge >= 0.3 is 0 Å². The molecule has 1 unspecified atom stereocenters. The average molecular weight is 399 g/mol. The molecular formula is C18H17N5O4S. The molecule has 28 heavy (non-hydrogen) atoms. The zero-order valence-corrected chi connectivity index (χ0v) is 15.8. The molecule has 144 valence electrons. The molecule has 0 saturated carbocycles. The van der Waals surface area contributed by atoms with E-state index in [-0.39, 0.29) is 11.9 Å². The number of nitroso groups, excluding NO2 is 1. The number of hydrogen-bond acceptors (Lipinski definition) is 9. The highest BCUT2D eigenvalue weighted by molar-refractivity contribution is 7.20. The number of nitrogen functional groups attached to an aromatic ring is 1. The molecule has 3 N–H and O–H groups in total. The van der Waals surface area contributed by atoms with Crippen molar-refractivity contribution >= 4 is 33.4 Å². The number of nitrogens with zero attached hydrogens (tertiary/aromatic N) is 3. The molecule has 0 radical (unpaired) electrons. The van der Waals surface area contributed by atoms with Crippen molar-refractivity contribution < 1.29 is 14.3 Å². The SMILES string of the molecule is CCNC(=O)c1cc2c(C(N=O)c3ccc4c(c3)OCCO4)nc(N)nc2s1. The van der Waals surface area contributed by atoms with Crippen LogP contribution in [0.1, 0.15) is 33.9 Å². The van der Waals surface area contributed by atoms with E-state index in [1.807, 2.05) is 6.92 Å².